The quantitative estimate of drug-likeness (QED) is 0.692. The van der Waals surface area contributed by atoms with Crippen LogP contribution in [0, 0.1) is 12.7 Å². The van der Waals surface area contributed by atoms with Gasteiger partial charge >= 0.3 is 0 Å². The SMILES string of the molecule is CCC(CC)c1nn2c(C)c(-c3ccc(F)cc3)nc2s1. The average Bonchev–Trinajstić information content (AvgIpc) is 3.02. The first kappa shape index (κ1) is 14.2. The molecule has 0 aliphatic rings. The highest BCUT2D eigenvalue weighted by atomic mass is 32.1. The summed E-state index contributed by atoms with van der Waals surface area (Å²) in [6, 6.07) is 6.45. The van der Waals surface area contributed by atoms with Crippen molar-refractivity contribution in [3.05, 3.63) is 40.8 Å². The van der Waals surface area contributed by atoms with Gasteiger partial charge in [-0.15, -0.1) is 0 Å². The summed E-state index contributed by atoms with van der Waals surface area (Å²) in [7, 11) is 0. The number of hydrogen-bond acceptors (Lipinski definition) is 3. The molecule has 0 fully saturated rings. The van der Waals surface area contributed by atoms with E-state index in [4.69, 9.17) is 5.10 Å². The van der Waals surface area contributed by atoms with Gasteiger partial charge in [0.15, 0.2) is 0 Å². The zero-order valence-electron chi connectivity index (χ0n) is 12.4. The number of hydrogen-bond donors (Lipinski definition) is 0. The second-order valence-corrected chi connectivity index (χ2v) is 6.19. The molecule has 5 heteroatoms. The molecule has 3 nitrogen and oxygen atoms in total. The molecule has 3 rings (SSSR count). The lowest BCUT2D eigenvalue weighted by molar-refractivity contribution is 0.624. The maximum atomic E-state index is 13.0. The molecule has 2 aromatic heterocycles. The fraction of sp³-hybridized carbons (Fsp3) is 0.375. The number of fused-ring (bicyclic) bond motifs is 1. The number of aryl methyl sites for hydroxylation is 1. The van der Waals surface area contributed by atoms with E-state index in [1.807, 2.05) is 11.4 Å². The lowest BCUT2D eigenvalue weighted by Crippen LogP contribution is -1.97. The third-order valence-corrected chi connectivity index (χ3v) is 4.97. The first-order valence-electron chi connectivity index (χ1n) is 7.26. The van der Waals surface area contributed by atoms with Gasteiger partial charge in [0.25, 0.3) is 0 Å². The number of imidazole rings is 1. The monoisotopic (exact) mass is 303 g/mol. The highest BCUT2D eigenvalue weighted by Crippen LogP contribution is 2.31. The highest BCUT2D eigenvalue weighted by molar-refractivity contribution is 7.16. The van der Waals surface area contributed by atoms with E-state index >= 15 is 0 Å². The molecule has 0 spiro atoms. The molecule has 0 N–H and O–H groups in total. The fourth-order valence-corrected chi connectivity index (χ4v) is 3.76. The summed E-state index contributed by atoms with van der Waals surface area (Å²) in [5.74, 6) is 0.275. The van der Waals surface area contributed by atoms with Crippen LogP contribution in [0.5, 0.6) is 0 Å². The molecule has 3 aromatic rings. The van der Waals surface area contributed by atoms with Gasteiger partial charge in [-0.2, -0.15) is 5.10 Å². The van der Waals surface area contributed by atoms with Gasteiger partial charge in [0, 0.05) is 11.5 Å². The highest BCUT2D eigenvalue weighted by Gasteiger charge is 2.18. The molecule has 0 saturated heterocycles. The Morgan fingerprint density at radius 3 is 2.43 bits per heavy atom. The van der Waals surface area contributed by atoms with Crippen LogP contribution in [-0.2, 0) is 0 Å². The van der Waals surface area contributed by atoms with Gasteiger partial charge < -0.3 is 0 Å². The molecule has 0 atom stereocenters. The number of aromatic nitrogens is 3. The summed E-state index contributed by atoms with van der Waals surface area (Å²) >= 11 is 1.65. The van der Waals surface area contributed by atoms with E-state index in [2.05, 4.69) is 18.8 Å². The van der Waals surface area contributed by atoms with E-state index < -0.39 is 0 Å². The third-order valence-electron chi connectivity index (χ3n) is 3.90. The van der Waals surface area contributed by atoms with Crippen molar-refractivity contribution in [2.45, 2.75) is 39.5 Å². The Kier molecular flexibility index (Phi) is 3.76. The minimum Gasteiger partial charge on any atom is -0.217 e. The van der Waals surface area contributed by atoms with Crippen LogP contribution >= 0.6 is 11.3 Å². The van der Waals surface area contributed by atoms with Crippen molar-refractivity contribution in [2.75, 3.05) is 0 Å². The molecule has 0 unspecified atom stereocenters. The first-order valence-corrected chi connectivity index (χ1v) is 8.07. The van der Waals surface area contributed by atoms with Gasteiger partial charge in [-0.05, 0) is 44.0 Å². The van der Waals surface area contributed by atoms with Crippen molar-refractivity contribution in [1.82, 2.24) is 14.6 Å². The molecule has 0 bridgehead atoms. The van der Waals surface area contributed by atoms with Crippen molar-refractivity contribution in [1.29, 1.82) is 0 Å². The summed E-state index contributed by atoms with van der Waals surface area (Å²) in [6.07, 6.45) is 2.19. The minimum atomic E-state index is -0.230. The molecule has 1 aromatic carbocycles. The van der Waals surface area contributed by atoms with Crippen molar-refractivity contribution in [3.8, 4) is 11.3 Å². The van der Waals surface area contributed by atoms with Crippen molar-refractivity contribution < 1.29 is 4.39 Å². The smallest absolute Gasteiger partial charge is 0.212 e. The van der Waals surface area contributed by atoms with Crippen LogP contribution in [0.15, 0.2) is 24.3 Å². The van der Waals surface area contributed by atoms with Gasteiger partial charge in [-0.3, -0.25) is 0 Å². The summed E-state index contributed by atoms with van der Waals surface area (Å²) in [6.45, 7) is 6.39. The van der Waals surface area contributed by atoms with Crippen LogP contribution < -0.4 is 0 Å². The molecular weight excluding hydrogens is 285 g/mol. The molecule has 0 aliphatic heterocycles. The van der Waals surface area contributed by atoms with E-state index in [0.29, 0.717) is 5.92 Å². The zero-order chi connectivity index (χ0) is 15.0. The molecule has 0 aliphatic carbocycles. The fourth-order valence-electron chi connectivity index (χ4n) is 2.55. The Morgan fingerprint density at radius 2 is 1.86 bits per heavy atom. The molecule has 21 heavy (non-hydrogen) atoms. The van der Waals surface area contributed by atoms with Gasteiger partial charge in [0.2, 0.25) is 4.96 Å². The molecule has 2 heterocycles. The van der Waals surface area contributed by atoms with Gasteiger partial charge in [0.05, 0.1) is 11.4 Å². The summed E-state index contributed by atoms with van der Waals surface area (Å²) in [5, 5.41) is 5.87. The van der Waals surface area contributed by atoms with E-state index in [1.54, 1.807) is 23.5 Å². The minimum absolute atomic E-state index is 0.230. The predicted octanol–water partition coefficient (Wildman–Crippen LogP) is 4.81. The standard InChI is InChI=1S/C16H18FN3S/c1-4-11(5-2)15-19-20-10(3)14(18-16(20)21-15)12-6-8-13(17)9-7-12/h6-9,11H,4-5H2,1-3H3. The summed E-state index contributed by atoms with van der Waals surface area (Å²) < 4.78 is 14.9. The van der Waals surface area contributed by atoms with Gasteiger partial charge in [0.1, 0.15) is 10.8 Å². The maximum Gasteiger partial charge on any atom is 0.212 e. The Bertz CT molecular complexity index is 754. The van der Waals surface area contributed by atoms with Crippen molar-refractivity contribution in [2.24, 2.45) is 0 Å². The second kappa shape index (κ2) is 5.56. The molecular formula is C16H18FN3S. The summed E-state index contributed by atoms with van der Waals surface area (Å²) in [4.78, 5) is 5.59. The van der Waals surface area contributed by atoms with Crippen LogP contribution in [0.25, 0.3) is 16.2 Å². The number of nitrogens with zero attached hydrogens (tertiary/aromatic N) is 3. The van der Waals surface area contributed by atoms with E-state index in [1.165, 1.54) is 12.1 Å². The normalized spacial score (nSPS) is 11.7. The lowest BCUT2D eigenvalue weighted by atomic mass is 10.1. The van der Waals surface area contributed by atoms with Crippen LogP contribution in [0.4, 0.5) is 4.39 Å². The van der Waals surface area contributed by atoms with Crippen molar-refractivity contribution in [3.63, 3.8) is 0 Å². The van der Waals surface area contributed by atoms with Gasteiger partial charge in [-0.25, -0.2) is 13.9 Å². The number of halogens is 1. The number of rotatable bonds is 4. The van der Waals surface area contributed by atoms with Crippen LogP contribution in [0.1, 0.15) is 43.3 Å². The van der Waals surface area contributed by atoms with Crippen LogP contribution in [0.2, 0.25) is 0 Å². The Balaban J connectivity index is 2.05. The summed E-state index contributed by atoms with van der Waals surface area (Å²) in [5.41, 5.74) is 2.81. The average molecular weight is 303 g/mol. The zero-order valence-corrected chi connectivity index (χ0v) is 13.2. The van der Waals surface area contributed by atoms with E-state index in [9.17, 15) is 4.39 Å². The first-order chi connectivity index (χ1) is 10.1. The van der Waals surface area contributed by atoms with Crippen LogP contribution in [0.3, 0.4) is 0 Å². The largest absolute Gasteiger partial charge is 0.217 e. The maximum absolute atomic E-state index is 13.0. The topological polar surface area (TPSA) is 30.2 Å². The Labute approximate surface area is 127 Å². The second-order valence-electron chi connectivity index (χ2n) is 5.20. The predicted molar refractivity (Wildman–Crippen MR) is 84.3 cm³/mol. The molecule has 0 radical (unpaired) electrons. The van der Waals surface area contributed by atoms with Crippen molar-refractivity contribution >= 4 is 16.3 Å². The number of benzene rings is 1. The van der Waals surface area contributed by atoms with Gasteiger partial charge in [-0.1, -0.05) is 25.2 Å². The molecule has 110 valence electrons. The Hall–Kier alpha value is -1.75. The molecule has 0 saturated carbocycles. The van der Waals surface area contributed by atoms with Crippen LogP contribution in [-0.4, -0.2) is 14.6 Å². The van der Waals surface area contributed by atoms with E-state index in [-0.39, 0.29) is 5.82 Å². The Morgan fingerprint density at radius 1 is 1.19 bits per heavy atom. The molecule has 0 amide bonds. The third kappa shape index (κ3) is 2.46. The lowest BCUT2D eigenvalue weighted by Gasteiger charge is -2.06. The van der Waals surface area contributed by atoms with E-state index in [0.717, 1.165) is 39.8 Å².